The highest BCUT2D eigenvalue weighted by atomic mass is 16.3. The minimum absolute atomic E-state index is 0.239. The lowest BCUT2D eigenvalue weighted by Crippen LogP contribution is -2.20. The third kappa shape index (κ3) is 1.32. The van der Waals surface area contributed by atoms with Crippen LogP contribution in [0.5, 0.6) is 0 Å². The molecule has 0 unspecified atom stereocenters. The van der Waals surface area contributed by atoms with Gasteiger partial charge in [0.15, 0.2) is 5.58 Å². The summed E-state index contributed by atoms with van der Waals surface area (Å²) in [4.78, 5) is 25.7. The molecule has 0 radical (unpaired) electrons. The van der Waals surface area contributed by atoms with Crippen molar-refractivity contribution < 1.29 is 9.21 Å². The normalized spacial score (nSPS) is 10.7. The quantitative estimate of drug-likeness (QED) is 0.755. The maximum absolute atomic E-state index is 11.6. The molecule has 0 saturated carbocycles. The summed E-state index contributed by atoms with van der Waals surface area (Å²) in [5, 5.41) is 2.94. The van der Waals surface area contributed by atoms with Crippen LogP contribution in [-0.4, -0.2) is 17.9 Å². The number of hydrogen-bond acceptors (Lipinski definition) is 3. The molecule has 0 fully saturated rings. The van der Waals surface area contributed by atoms with Crippen LogP contribution in [0.25, 0.3) is 11.0 Å². The van der Waals surface area contributed by atoms with E-state index in [0.29, 0.717) is 22.3 Å². The van der Waals surface area contributed by atoms with Gasteiger partial charge in [0, 0.05) is 18.8 Å². The van der Waals surface area contributed by atoms with E-state index in [9.17, 15) is 9.59 Å². The van der Waals surface area contributed by atoms with Gasteiger partial charge in [-0.1, -0.05) is 0 Å². The topological polar surface area (TPSA) is 75.1 Å². The molecular weight excluding hydrogens is 208 g/mol. The van der Waals surface area contributed by atoms with Gasteiger partial charge >= 0.3 is 0 Å². The first-order valence-electron chi connectivity index (χ1n) is 4.89. The Morgan fingerprint density at radius 1 is 1.44 bits per heavy atom. The van der Waals surface area contributed by atoms with Crippen molar-refractivity contribution in [2.24, 2.45) is 0 Å². The van der Waals surface area contributed by atoms with Crippen LogP contribution in [0.2, 0.25) is 0 Å². The Labute approximate surface area is 91.5 Å². The molecule has 2 heterocycles. The minimum atomic E-state index is -0.282. The molecule has 0 aliphatic heterocycles. The summed E-state index contributed by atoms with van der Waals surface area (Å²) < 4.78 is 5.45. The summed E-state index contributed by atoms with van der Waals surface area (Å²) >= 11 is 0. The molecule has 2 N–H and O–H groups in total. The Morgan fingerprint density at radius 3 is 2.75 bits per heavy atom. The van der Waals surface area contributed by atoms with Gasteiger partial charge in [0.2, 0.25) is 0 Å². The van der Waals surface area contributed by atoms with Crippen molar-refractivity contribution in [3.8, 4) is 0 Å². The number of carbonyl (C=O) groups excluding carboxylic acids is 1. The van der Waals surface area contributed by atoms with Crippen molar-refractivity contribution in [3.05, 3.63) is 33.4 Å². The van der Waals surface area contributed by atoms with Crippen LogP contribution in [-0.2, 0) is 0 Å². The van der Waals surface area contributed by atoms with Gasteiger partial charge in [0.1, 0.15) is 5.76 Å². The molecule has 5 heteroatoms. The number of fused-ring (bicyclic) bond motifs is 1. The van der Waals surface area contributed by atoms with E-state index in [1.54, 1.807) is 13.8 Å². The lowest BCUT2D eigenvalue weighted by atomic mass is 10.1. The van der Waals surface area contributed by atoms with Gasteiger partial charge in [-0.3, -0.25) is 9.59 Å². The molecule has 0 atom stereocenters. The van der Waals surface area contributed by atoms with Gasteiger partial charge in [-0.25, -0.2) is 0 Å². The molecule has 2 aromatic rings. The molecule has 0 aliphatic carbocycles. The van der Waals surface area contributed by atoms with E-state index >= 15 is 0 Å². The zero-order valence-corrected chi connectivity index (χ0v) is 9.30. The van der Waals surface area contributed by atoms with E-state index in [1.165, 1.54) is 13.2 Å². The lowest BCUT2D eigenvalue weighted by Gasteiger charge is -1.99. The van der Waals surface area contributed by atoms with Gasteiger partial charge < -0.3 is 14.7 Å². The number of hydrogen-bond donors (Lipinski definition) is 2. The SMILES string of the molecule is CNC(=O)c1c[nH]c(=O)c2c(C)c(C)oc12. The standard InChI is InChI=1S/C11H12N2O3/c1-5-6(2)16-9-7(10(14)12-3)4-13-11(15)8(5)9/h4H,1-3H3,(H,12,14)(H,13,15). The van der Waals surface area contributed by atoms with E-state index in [0.717, 1.165) is 5.56 Å². The summed E-state index contributed by atoms with van der Waals surface area (Å²) in [5.41, 5.74) is 1.21. The van der Waals surface area contributed by atoms with E-state index in [-0.39, 0.29) is 11.5 Å². The van der Waals surface area contributed by atoms with Gasteiger partial charge in [-0.2, -0.15) is 0 Å². The monoisotopic (exact) mass is 220 g/mol. The fourth-order valence-corrected chi connectivity index (χ4v) is 1.67. The Balaban J connectivity index is 2.90. The molecule has 84 valence electrons. The highest BCUT2D eigenvalue weighted by molar-refractivity contribution is 6.04. The summed E-state index contributed by atoms with van der Waals surface area (Å²) in [5.74, 6) is 0.367. The van der Waals surface area contributed by atoms with E-state index in [2.05, 4.69) is 10.3 Å². The van der Waals surface area contributed by atoms with Crippen molar-refractivity contribution in [1.29, 1.82) is 0 Å². The Bertz CT molecular complexity index is 622. The highest BCUT2D eigenvalue weighted by Gasteiger charge is 2.17. The van der Waals surface area contributed by atoms with E-state index in [1.807, 2.05) is 0 Å². The van der Waals surface area contributed by atoms with Gasteiger partial charge in [-0.05, 0) is 13.8 Å². The van der Waals surface area contributed by atoms with Gasteiger partial charge in [0.25, 0.3) is 11.5 Å². The third-order valence-corrected chi connectivity index (χ3v) is 2.68. The molecule has 0 aliphatic rings. The Morgan fingerprint density at radius 2 is 2.12 bits per heavy atom. The predicted octanol–water partition coefficient (Wildman–Crippen LogP) is 1.10. The number of furan rings is 1. The smallest absolute Gasteiger partial charge is 0.259 e. The average Bonchev–Trinajstić information content (AvgIpc) is 2.56. The minimum Gasteiger partial charge on any atom is -0.460 e. The number of aromatic nitrogens is 1. The Kier molecular flexibility index (Phi) is 2.30. The number of pyridine rings is 1. The van der Waals surface area contributed by atoms with Gasteiger partial charge in [-0.15, -0.1) is 0 Å². The molecule has 0 saturated heterocycles. The average molecular weight is 220 g/mol. The summed E-state index contributed by atoms with van der Waals surface area (Å²) in [6.07, 6.45) is 1.37. The van der Waals surface area contributed by atoms with Gasteiger partial charge in [0.05, 0.1) is 10.9 Å². The zero-order valence-electron chi connectivity index (χ0n) is 9.30. The molecule has 0 spiro atoms. The highest BCUT2D eigenvalue weighted by Crippen LogP contribution is 2.23. The van der Waals surface area contributed by atoms with Crippen LogP contribution in [0.4, 0.5) is 0 Å². The number of H-pyrrole nitrogens is 1. The molecule has 0 aromatic carbocycles. The largest absolute Gasteiger partial charge is 0.460 e. The molecule has 2 aromatic heterocycles. The second-order valence-electron chi connectivity index (χ2n) is 3.60. The zero-order chi connectivity index (χ0) is 11.9. The maximum Gasteiger partial charge on any atom is 0.259 e. The van der Waals surface area contributed by atoms with Crippen LogP contribution in [0.1, 0.15) is 21.7 Å². The summed E-state index contributed by atoms with van der Waals surface area (Å²) in [7, 11) is 1.53. The predicted molar refractivity (Wildman–Crippen MR) is 59.7 cm³/mol. The molecule has 1 amide bonds. The first-order valence-corrected chi connectivity index (χ1v) is 4.89. The van der Waals surface area contributed by atoms with Crippen molar-refractivity contribution in [3.63, 3.8) is 0 Å². The number of nitrogens with one attached hydrogen (secondary N) is 2. The number of rotatable bonds is 1. The van der Waals surface area contributed by atoms with Crippen LogP contribution in [0.3, 0.4) is 0 Å². The van der Waals surface area contributed by atoms with Crippen LogP contribution >= 0.6 is 0 Å². The van der Waals surface area contributed by atoms with Crippen LogP contribution < -0.4 is 10.9 Å². The summed E-state index contributed by atoms with van der Waals surface area (Å²) in [6, 6.07) is 0. The molecule has 2 rings (SSSR count). The lowest BCUT2D eigenvalue weighted by molar-refractivity contribution is 0.0963. The van der Waals surface area contributed by atoms with E-state index in [4.69, 9.17) is 4.42 Å². The summed E-state index contributed by atoms with van der Waals surface area (Å²) in [6.45, 7) is 3.56. The van der Waals surface area contributed by atoms with Crippen molar-refractivity contribution in [2.75, 3.05) is 7.05 Å². The number of aromatic amines is 1. The van der Waals surface area contributed by atoms with Crippen molar-refractivity contribution in [1.82, 2.24) is 10.3 Å². The second-order valence-corrected chi connectivity index (χ2v) is 3.60. The van der Waals surface area contributed by atoms with Crippen molar-refractivity contribution >= 4 is 16.9 Å². The number of aryl methyl sites for hydroxylation is 2. The first kappa shape index (κ1) is 10.5. The third-order valence-electron chi connectivity index (χ3n) is 2.68. The van der Waals surface area contributed by atoms with Crippen molar-refractivity contribution in [2.45, 2.75) is 13.8 Å². The maximum atomic E-state index is 11.6. The fraction of sp³-hybridized carbons (Fsp3) is 0.273. The molecule has 16 heavy (non-hydrogen) atoms. The number of carbonyl (C=O) groups is 1. The molecular formula is C11H12N2O3. The first-order chi connectivity index (χ1) is 7.56. The van der Waals surface area contributed by atoms with E-state index < -0.39 is 0 Å². The number of amides is 1. The molecule has 0 bridgehead atoms. The fourth-order valence-electron chi connectivity index (χ4n) is 1.67. The second kappa shape index (κ2) is 3.52. The Hall–Kier alpha value is -2.04. The van der Waals surface area contributed by atoms with Crippen LogP contribution in [0.15, 0.2) is 15.4 Å². The van der Waals surface area contributed by atoms with Crippen LogP contribution in [0, 0.1) is 13.8 Å². The molecule has 5 nitrogen and oxygen atoms in total.